The smallest absolute Gasteiger partial charge is 0.311 e. The van der Waals surface area contributed by atoms with Crippen molar-refractivity contribution in [2.45, 2.75) is 20.4 Å². The summed E-state index contributed by atoms with van der Waals surface area (Å²) in [7, 11) is 1.34. The van der Waals surface area contributed by atoms with Crippen LogP contribution in [0.3, 0.4) is 0 Å². The van der Waals surface area contributed by atoms with E-state index in [1.54, 1.807) is 6.92 Å². The number of nitro benzene ring substituents is 1. The molecule has 0 radical (unpaired) electrons. The highest BCUT2D eigenvalue weighted by Gasteiger charge is 2.20. The highest BCUT2D eigenvalue weighted by molar-refractivity contribution is 6.05. The minimum absolute atomic E-state index is 0.101. The number of benzene rings is 2. The van der Waals surface area contributed by atoms with Gasteiger partial charge in [0.05, 0.1) is 35.7 Å². The number of carbonyl (C=O) groups is 1. The fourth-order valence-electron chi connectivity index (χ4n) is 2.95. The molecule has 1 aromatic heterocycles. The molecule has 0 saturated carbocycles. The second kappa shape index (κ2) is 7.91. The van der Waals surface area contributed by atoms with Crippen molar-refractivity contribution in [2.24, 2.45) is 0 Å². The van der Waals surface area contributed by atoms with Gasteiger partial charge in [0.25, 0.3) is 5.91 Å². The number of methoxy groups -OCH3 is 1. The molecule has 1 heterocycles. The number of amides is 1. The Morgan fingerprint density at radius 3 is 2.57 bits per heavy atom. The minimum atomic E-state index is -0.579. The van der Waals surface area contributed by atoms with Crippen molar-refractivity contribution >= 4 is 17.3 Å². The Morgan fingerprint density at radius 1 is 1.21 bits per heavy atom. The summed E-state index contributed by atoms with van der Waals surface area (Å²) in [5, 5.41) is 18.5. The quantitative estimate of drug-likeness (QED) is 0.519. The lowest BCUT2D eigenvalue weighted by atomic mass is 10.1. The minimum Gasteiger partial charge on any atom is -0.490 e. The number of hydrogen-bond acceptors (Lipinski definition) is 5. The van der Waals surface area contributed by atoms with Crippen LogP contribution in [0.5, 0.6) is 5.75 Å². The van der Waals surface area contributed by atoms with Crippen LogP contribution >= 0.6 is 0 Å². The standard InChI is InChI=1S/C20H20N4O4/c1-13-19(14(2)23(22-13)12-15-7-5-4-6-8-15)21-20(25)16-9-10-18(28-3)17(11-16)24(26)27/h4-11H,12H2,1-3H3,(H,21,25). The van der Waals surface area contributed by atoms with Crippen LogP contribution in [0.1, 0.15) is 27.3 Å². The maximum Gasteiger partial charge on any atom is 0.311 e. The summed E-state index contributed by atoms with van der Waals surface area (Å²) in [4.78, 5) is 23.2. The van der Waals surface area contributed by atoms with Gasteiger partial charge in [0.15, 0.2) is 5.75 Å². The van der Waals surface area contributed by atoms with Gasteiger partial charge < -0.3 is 10.1 Å². The Hall–Kier alpha value is -3.68. The number of aromatic nitrogens is 2. The average Bonchev–Trinajstić information content (AvgIpc) is 2.95. The van der Waals surface area contributed by atoms with Gasteiger partial charge >= 0.3 is 5.69 Å². The van der Waals surface area contributed by atoms with E-state index in [2.05, 4.69) is 10.4 Å². The SMILES string of the molecule is COc1ccc(C(=O)Nc2c(C)nn(Cc3ccccc3)c2C)cc1[N+](=O)[O-]. The molecule has 0 saturated heterocycles. The number of nitrogens with zero attached hydrogens (tertiary/aromatic N) is 3. The van der Waals surface area contributed by atoms with Crippen LogP contribution in [0, 0.1) is 24.0 Å². The van der Waals surface area contributed by atoms with Gasteiger partial charge in [-0.05, 0) is 31.5 Å². The van der Waals surface area contributed by atoms with Crippen LogP contribution in [-0.2, 0) is 6.54 Å². The lowest BCUT2D eigenvalue weighted by Gasteiger charge is -2.08. The molecule has 8 nitrogen and oxygen atoms in total. The molecule has 0 atom stereocenters. The molecule has 0 aliphatic rings. The third kappa shape index (κ3) is 3.85. The largest absolute Gasteiger partial charge is 0.490 e. The van der Waals surface area contributed by atoms with Gasteiger partial charge in [-0.1, -0.05) is 30.3 Å². The average molecular weight is 380 g/mol. The van der Waals surface area contributed by atoms with E-state index in [1.807, 2.05) is 41.9 Å². The number of rotatable bonds is 6. The number of ether oxygens (including phenoxy) is 1. The van der Waals surface area contributed by atoms with Crippen LogP contribution in [0.25, 0.3) is 0 Å². The molecule has 0 unspecified atom stereocenters. The molecular weight excluding hydrogens is 360 g/mol. The summed E-state index contributed by atoms with van der Waals surface area (Å²) in [5.74, 6) is -0.346. The molecule has 0 aliphatic heterocycles. The third-order valence-corrected chi connectivity index (χ3v) is 4.43. The van der Waals surface area contributed by atoms with Crippen molar-refractivity contribution in [3.63, 3.8) is 0 Å². The summed E-state index contributed by atoms with van der Waals surface area (Å²) in [6, 6.07) is 14.0. The Labute approximate surface area is 161 Å². The molecule has 2 aromatic carbocycles. The molecule has 0 bridgehead atoms. The Kier molecular flexibility index (Phi) is 5.39. The van der Waals surface area contributed by atoms with Crippen molar-refractivity contribution in [3.8, 4) is 5.75 Å². The second-order valence-electron chi connectivity index (χ2n) is 6.29. The van der Waals surface area contributed by atoms with Crippen LogP contribution in [0.15, 0.2) is 48.5 Å². The summed E-state index contributed by atoms with van der Waals surface area (Å²) >= 11 is 0. The zero-order chi connectivity index (χ0) is 20.3. The van der Waals surface area contributed by atoms with Crippen molar-refractivity contribution in [1.29, 1.82) is 0 Å². The fourth-order valence-corrected chi connectivity index (χ4v) is 2.95. The molecule has 28 heavy (non-hydrogen) atoms. The number of carbonyl (C=O) groups excluding carboxylic acids is 1. The normalized spacial score (nSPS) is 10.5. The highest BCUT2D eigenvalue weighted by Crippen LogP contribution is 2.28. The molecule has 8 heteroatoms. The summed E-state index contributed by atoms with van der Waals surface area (Å²) in [6.07, 6.45) is 0. The Balaban J connectivity index is 1.85. The van der Waals surface area contributed by atoms with Gasteiger partial charge in [-0.25, -0.2) is 0 Å². The lowest BCUT2D eigenvalue weighted by molar-refractivity contribution is -0.385. The van der Waals surface area contributed by atoms with Gasteiger partial charge in [-0.15, -0.1) is 0 Å². The van der Waals surface area contributed by atoms with E-state index in [-0.39, 0.29) is 17.0 Å². The molecule has 0 aliphatic carbocycles. The summed E-state index contributed by atoms with van der Waals surface area (Å²) in [6.45, 7) is 4.26. The second-order valence-corrected chi connectivity index (χ2v) is 6.29. The first-order chi connectivity index (χ1) is 13.4. The van der Waals surface area contributed by atoms with Crippen molar-refractivity contribution in [3.05, 3.63) is 81.2 Å². The molecule has 0 spiro atoms. The summed E-state index contributed by atoms with van der Waals surface area (Å²) < 4.78 is 6.79. The Morgan fingerprint density at radius 2 is 1.93 bits per heavy atom. The zero-order valence-corrected chi connectivity index (χ0v) is 15.8. The highest BCUT2D eigenvalue weighted by atomic mass is 16.6. The van der Waals surface area contributed by atoms with Crippen LogP contribution < -0.4 is 10.1 Å². The summed E-state index contributed by atoms with van der Waals surface area (Å²) in [5.41, 5.74) is 3.07. The van der Waals surface area contributed by atoms with Gasteiger partial charge in [-0.3, -0.25) is 19.6 Å². The zero-order valence-electron chi connectivity index (χ0n) is 15.8. The molecule has 1 amide bonds. The topological polar surface area (TPSA) is 99.3 Å². The Bertz CT molecular complexity index is 1030. The van der Waals surface area contributed by atoms with E-state index >= 15 is 0 Å². The van der Waals surface area contributed by atoms with Crippen molar-refractivity contribution < 1.29 is 14.5 Å². The van der Waals surface area contributed by atoms with Gasteiger partial charge in [0.2, 0.25) is 0 Å². The molecule has 144 valence electrons. The fraction of sp³-hybridized carbons (Fsp3) is 0.200. The number of nitro groups is 1. The first-order valence-corrected chi connectivity index (χ1v) is 8.62. The first-order valence-electron chi connectivity index (χ1n) is 8.62. The number of aryl methyl sites for hydroxylation is 1. The number of anilines is 1. The third-order valence-electron chi connectivity index (χ3n) is 4.43. The van der Waals surface area contributed by atoms with Crippen molar-refractivity contribution in [1.82, 2.24) is 9.78 Å². The van der Waals surface area contributed by atoms with Gasteiger partial charge in [0.1, 0.15) is 0 Å². The van der Waals surface area contributed by atoms with E-state index in [1.165, 1.54) is 25.3 Å². The van der Waals surface area contributed by atoms with Gasteiger partial charge in [0, 0.05) is 11.6 Å². The van der Waals surface area contributed by atoms with Crippen LogP contribution in [-0.4, -0.2) is 27.7 Å². The van der Waals surface area contributed by atoms with E-state index < -0.39 is 10.8 Å². The maximum absolute atomic E-state index is 12.6. The predicted molar refractivity (Wildman–Crippen MR) is 105 cm³/mol. The number of nitrogens with one attached hydrogen (secondary N) is 1. The lowest BCUT2D eigenvalue weighted by Crippen LogP contribution is -2.14. The molecule has 3 aromatic rings. The predicted octanol–water partition coefficient (Wildman–Crippen LogP) is 3.72. The molecule has 3 rings (SSSR count). The number of hydrogen-bond donors (Lipinski definition) is 1. The van der Waals surface area contributed by atoms with Gasteiger partial charge in [-0.2, -0.15) is 5.10 Å². The molecule has 1 N–H and O–H groups in total. The van der Waals surface area contributed by atoms with E-state index in [0.29, 0.717) is 17.9 Å². The molecular formula is C20H20N4O4. The van der Waals surface area contributed by atoms with E-state index in [0.717, 1.165) is 11.3 Å². The monoisotopic (exact) mass is 380 g/mol. The maximum atomic E-state index is 12.6. The molecule has 0 fully saturated rings. The van der Waals surface area contributed by atoms with E-state index in [9.17, 15) is 14.9 Å². The van der Waals surface area contributed by atoms with Crippen molar-refractivity contribution in [2.75, 3.05) is 12.4 Å². The van der Waals surface area contributed by atoms with Crippen LogP contribution in [0.4, 0.5) is 11.4 Å². The van der Waals surface area contributed by atoms with E-state index in [4.69, 9.17) is 4.74 Å². The van der Waals surface area contributed by atoms with Crippen LogP contribution in [0.2, 0.25) is 0 Å². The first kappa shape index (κ1) is 19.1.